The second-order valence-electron chi connectivity index (χ2n) is 8.92. The lowest BCUT2D eigenvalue weighted by molar-refractivity contribution is -0.137. The fourth-order valence-corrected chi connectivity index (χ4v) is 5.65. The number of fused-ring (bicyclic) bond motifs is 2. The van der Waals surface area contributed by atoms with Gasteiger partial charge in [-0.15, -0.1) is 0 Å². The van der Waals surface area contributed by atoms with Crippen molar-refractivity contribution in [2.75, 3.05) is 7.11 Å². The Morgan fingerprint density at radius 3 is 2.40 bits per heavy atom. The molecule has 0 aliphatic rings. The zero-order chi connectivity index (χ0) is 29.1. The number of hydrogen-bond acceptors (Lipinski definition) is 4. The van der Waals surface area contributed by atoms with Crippen molar-refractivity contribution in [3.05, 3.63) is 91.8 Å². The minimum atomic E-state index is -4.84. The molecule has 5 rings (SSSR count). The van der Waals surface area contributed by atoms with Crippen LogP contribution in [-0.4, -0.2) is 32.0 Å². The summed E-state index contributed by atoms with van der Waals surface area (Å²) in [6, 6.07) is 6.22. The minimum absolute atomic E-state index is 0.0228. The van der Waals surface area contributed by atoms with Crippen LogP contribution in [0, 0.1) is 21.0 Å². The molecule has 0 aliphatic carbocycles. The third-order valence-electron chi connectivity index (χ3n) is 6.60. The molecule has 6 nitrogen and oxygen atoms in total. The highest BCUT2D eigenvalue weighted by Crippen LogP contribution is 2.44. The first-order valence-electron chi connectivity index (χ1n) is 11.6. The van der Waals surface area contributed by atoms with E-state index in [1.807, 2.05) is 22.6 Å². The van der Waals surface area contributed by atoms with E-state index in [9.17, 15) is 36.2 Å². The van der Waals surface area contributed by atoms with E-state index < -0.39 is 47.1 Å². The molecule has 0 saturated carbocycles. The lowest BCUT2D eigenvalue weighted by Gasteiger charge is -2.19. The standard InChI is InChI=1S/C27H18F6IN3O3/c1-36-19-8-15(27(31,32)33)22(14(10-38)24(19)35-21(36)11-40-2)13-4-3-5-37-20(9-18(34)25(13)37)26(39)12-6-16(28)23(30)17(29)7-12/h3-9,38H,10-11H2,1-2H3. The SMILES string of the molecule is COCc1nc2c(CO)c(-c3cccn4c(C(=O)c5cc(F)c(F)c(F)c5)cc(I)c34)c(C(F)(F)F)cc2n1C. The average molecular weight is 673 g/mol. The van der Waals surface area contributed by atoms with Crippen molar-refractivity contribution >= 4 is 44.9 Å². The first kappa shape index (κ1) is 28.1. The summed E-state index contributed by atoms with van der Waals surface area (Å²) in [5.41, 5.74) is -1.53. The number of pyridine rings is 1. The summed E-state index contributed by atoms with van der Waals surface area (Å²) in [6.07, 6.45) is -3.43. The summed E-state index contributed by atoms with van der Waals surface area (Å²) in [4.78, 5) is 17.7. The highest BCUT2D eigenvalue weighted by atomic mass is 127. The molecule has 40 heavy (non-hydrogen) atoms. The molecule has 0 saturated heterocycles. The van der Waals surface area contributed by atoms with Crippen molar-refractivity contribution in [2.24, 2.45) is 7.05 Å². The van der Waals surface area contributed by atoms with Crippen LogP contribution in [0.2, 0.25) is 0 Å². The van der Waals surface area contributed by atoms with Crippen LogP contribution in [0.5, 0.6) is 0 Å². The number of ether oxygens (including phenoxy) is 1. The molecular formula is C27H18F6IN3O3. The largest absolute Gasteiger partial charge is 0.417 e. The molecule has 0 fully saturated rings. The predicted molar refractivity (Wildman–Crippen MR) is 141 cm³/mol. The van der Waals surface area contributed by atoms with Gasteiger partial charge in [-0.3, -0.25) is 4.79 Å². The van der Waals surface area contributed by atoms with E-state index in [1.54, 1.807) is 7.05 Å². The third-order valence-corrected chi connectivity index (χ3v) is 7.42. The summed E-state index contributed by atoms with van der Waals surface area (Å²) in [6.45, 7) is -0.758. The second-order valence-corrected chi connectivity index (χ2v) is 10.1. The predicted octanol–water partition coefficient (Wildman–Crippen LogP) is 6.40. The Morgan fingerprint density at radius 2 is 1.80 bits per heavy atom. The highest BCUT2D eigenvalue weighted by Gasteiger charge is 2.37. The van der Waals surface area contributed by atoms with Gasteiger partial charge in [-0.2, -0.15) is 13.2 Å². The lowest BCUT2D eigenvalue weighted by atomic mass is 9.92. The van der Waals surface area contributed by atoms with E-state index in [1.165, 1.54) is 40.5 Å². The lowest BCUT2D eigenvalue weighted by Crippen LogP contribution is -2.11. The number of imidazole rings is 1. The van der Waals surface area contributed by atoms with E-state index in [0.717, 1.165) is 6.07 Å². The van der Waals surface area contributed by atoms with Crippen molar-refractivity contribution in [1.29, 1.82) is 0 Å². The number of carbonyl (C=O) groups excluding carboxylic acids is 1. The van der Waals surface area contributed by atoms with Crippen LogP contribution in [0.3, 0.4) is 0 Å². The molecule has 0 aliphatic heterocycles. The normalized spacial score (nSPS) is 12.2. The van der Waals surface area contributed by atoms with E-state index in [0.29, 0.717) is 21.5 Å². The van der Waals surface area contributed by atoms with Crippen molar-refractivity contribution < 1.29 is 41.0 Å². The Balaban J connectivity index is 1.82. The molecule has 0 spiro atoms. The van der Waals surface area contributed by atoms with Gasteiger partial charge < -0.3 is 18.8 Å². The molecule has 0 bridgehead atoms. The maximum atomic E-state index is 14.5. The van der Waals surface area contributed by atoms with Gasteiger partial charge in [0.25, 0.3) is 0 Å². The van der Waals surface area contributed by atoms with Crippen molar-refractivity contribution in [3.63, 3.8) is 0 Å². The molecule has 13 heteroatoms. The molecule has 0 atom stereocenters. The Morgan fingerprint density at radius 1 is 1.12 bits per heavy atom. The molecule has 208 valence electrons. The summed E-state index contributed by atoms with van der Waals surface area (Å²) in [5.74, 6) is -5.38. The number of benzene rings is 2. The van der Waals surface area contributed by atoms with Crippen LogP contribution in [0.15, 0.2) is 42.6 Å². The van der Waals surface area contributed by atoms with Crippen LogP contribution in [0.1, 0.15) is 33.0 Å². The average Bonchev–Trinajstić information content (AvgIpc) is 3.41. The summed E-state index contributed by atoms with van der Waals surface area (Å²) in [5, 5.41) is 10.3. The maximum absolute atomic E-state index is 14.5. The van der Waals surface area contributed by atoms with Gasteiger partial charge in [0.05, 0.1) is 34.4 Å². The number of halogens is 7. The van der Waals surface area contributed by atoms with Crippen LogP contribution in [-0.2, 0) is 31.2 Å². The molecule has 5 aromatic rings. The zero-order valence-electron chi connectivity index (χ0n) is 20.7. The topological polar surface area (TPSA) is 68.8 Å². The molecule has 2 aromatic carbocycles. The van der Waals surface area contributed by atoms with E-state index in [4.69, 9.17) is 4.74 Å². The van der Waals surface area contributed by atoms with Crippen molar-refractivity contribution in [1.82, 2.24) is 14.0 Å². The molecule has 3 heterocycles. The third kappa shape index (κ3) is 4.45. The van der Waals surface area contributed by atoms with Crippen molar-refractivity contribution in [2.45, 2.75) is 19.4 Å². The van der Waals surface area contributed by atoms with Crippen molar-refractivity contribution in [3.8, 4) is 11.1 Å². The monoisotopic (exact) mass is 673 g/mol. The van der Waals surface area contributed by atoms with Crippen LogP contribution < -0.4 is 0 Å². The number of alkyl halides is 3. The van der Waals surface area contributed by atoms with Gasteiger partial charge in [-0.1, -0.05) is 6.07 Å². The minimum Gasteiger partial charge on any atom is -0.392 e. The van der Waals surface area contributed by atoms with Gasteiger partial charge in [0.2, 0.25) is 5.78 Å². The fraction of sp³-hybridized carbons (Fsp3) is 0.185. The van der Waals surface area contributed by atoms with E-state index >= 15 is 0 Å². The summed E-state index contributed by atoms with van der Waals surface area (Å²) >= 11 is 1.84. The fourth-order valence-electron chi connectivity index (χ4n) is 4.80. The summed E-state index contributed by atoms with van der Waals surface area (Å²) in [7, 11) is 2.96. The van der Waals surface area contributed by atoms with Gasteiger partial charge in [0.15, 0.2) is 17.5 Å². The summed E-state index contributed by atoms with van der Waals surface area (Å²) < 4.78 is 92.9. The molecule has 0 amide bonds. The second kappa shape index (κ2) is 10.2. The number of methoxy groups -OCH3 is 1. The van der Waals surface area contributed by atoms with Gasteiger partial charge in [-0.05, 0) is 52.9 Å². The number of aliphatic hydroxyl groups excluding tert-OH is 1. The zero-order valence-corrected chi connectivity index (χ0v) is 22.9. The van der Waals surface area contributed by atoms with Gasteiger partial charge in [-0.25, -0.2) is 18.2 Å². The number of rotatable bonds is 6. The van der Waals surface area contributed by atoms with Gasteiger partial charge in [0.1, 0.15) is 12.4 Å². The Bertz CT molecular complexity index is 1800. The number of nitrogens with zero attached hydrogens (tertiary/aromatic N) is 3. The molecule has 0 radical (unpaired) electrons. The quantitative estimate of drug-likeness (QED) is 0.0981. The number of carbonyl (C=O) groups is 1. The Kier molecular flexibility index (Phi) is 7.17. The molecular weight excluding hydrogens is 655 g/mol. The van der Waals surface area contributed by atoms with Gasteiger partial charge in [0, 0.05) is 46.2 Å². The molecule has 3 aromatic heterocycles. The van der Waals surface area contributed by atoms with Crippen LogP contribution in [0.25, 0.3) is 27.7 Å². The van der Waals surface area contributed by atoms with Crippen LogP contribution in [0.4, 0.5) is 26.3 Å². The van der Waals surface area contributed by atoms with Crippen LogP contribution >= 0.6 is 22.6 Å². The number of aliphatic hydroxyl groups is 1. The highest BCUT2D eigenvalue weighted by molar-refractivity contribution is 14.1. The smallest absolute Gasteiger partial charge is 0.392 e. The number of aryl methyl sites for hydroxylation is 1. The van der Waals surface area contributed by atoms with Gasteiger partial charge >= 0.3 is 6.18 Å². The Labute approximate surface area is 235 Å². The number of ketones is 1. The van der Waals surface area contributed by atoms with E-state index in [-0.39, 0.29) is 45.5 Å². The maximum Gasteiger partial charge on any atom is 0.417 e. The number of aromatic nitrogens is 3. The number of hydrogen-bond donors (Lipinski definition) is 1. The van der Waals surface area contributed by atoms with E-state index in [2.05, 4.69) is 4.98 Å². The Hall–Kier alpha value is -3.43. The molecule has 0 unspecified atom stereocenters. The first-order chi connectivity index (χ1) is 18.9. The molecule has 1 N–H and O–H groups in total. The first-order valence-corrected chi connectivity index (χ1v) is 12.6.